The number of methoxy groups -OCH3 is 3. The van der Waals surface area contributed by atoms with Crippen LogP contribution in [0.5, 0.6) is 5.75 Å². The molecule has 77 heavy (non-hydrogen) atoms. The Kier molecular flexibility index (Phi) is 28.5. The van der Waals surface area contributed by atoms with Crippen LogP contribution in [0.1, 0.15) is 49.5 Å². The maximum absolute atomic E-state index is 12.3. The number of carboxylic acid groups (broad SMARTS) is 1. The fourth-order valence-electron chi connectivity index (χ4n) is 8.77. The van der Waals surface area contributed by atoms with Gasteiger partial charge in [0.15, 0.2) is 13.1 Å². The number of carboxylic acids is 1. The van der Waals surface area contributed by atoms with Crippen molar-refractivity contribution in [1.82, 2.24) is 4.58 Å². The Morgan fingerprint density at radius 1 is 0.714 bits per heavy atom. The number of aliphatic carboxylic acids is 1. The predicted octanol–water partition coefficient (Wildman–Crippen LogP) is 2.31. The molecule has 0 bridgehead atoms. The molecule has 23 heteroatoms. The average Bonchev–Trinajstić information content (AvgIpc) is 3.74. The van der Waals surface area contributed by atoms with Gasteiger partial charge in [0.05, 0.1) is 107 Å². The van der Waals surface area contributed by atoms with Crippen molar-refractivity contribution in [3.63, 3.8) is 0 Å². The minimum atomic E-state index is -4.89. The van der Waals surface area contributed by atoms with Crippen molar-refractivity contribution >= 4 is 38.0 Å². The molecule has 420 valence electrons. The van der Waals surface area contributed by atoms with Crippen LogP contribution in [0, 0.1) is 6.92 Å². The van der Waals surface area contributed by atoms with Crippen molar-refractivity contribution < 1.29 is 112 Å². The van der Waals surface area contributed by atoms with Crippen LogP contribution in [0.4, 0.5) is 5.69 Å². The van der Waals surface area contributed by atoms with Crippen molar-refractivity contribution in [3.05, 3.63) is 101 Å². The molecule has 1 atom stereocenters. The summed E-state index contributed by atoms with van der Waals surface area (Å²) in [5.41, 5.74) is 4.02. The Labute approximate surface area is 475 Å². The van der Waals surface area contributed by atoms with Crippen molar-refractivity contribution in [2.24, 2.45) is 0 Å². The number of benzene rings is 3. The molecule has 1 aliphatic carbocycles. The molecule has 0 saturated heterocycles. The summed E-state index contributed by atoms with van der Waals surface area (Å²) in [5, 5.41) is 10.4. The maximum atomic E-state index is 12.3. The third-order valence-corrected chi connectivity index (χ3v) is 14.2. The number of fused-ring (bicyclic) bond motifs is 2. The first-order chi connectivity index (χ1) is 36.5. The molecule has 3 aliphatic rings. The normalized spacial score (nSPS) is 15.2. The van der Waals surface area contributed by atoms with E-state index in [-0.39, 0.29) is 61.8 Å². The fourth-order valence-corrected chi connectivity index (χ4v) is 9.75. The van der Waals surface area contributed by atoms with Gasteiger partial charge in [-0.15, -0.1) is 0 Å². The van der Waals surface area contributed by atoms with E-state index < -0.39 is 42.3 Å². The molecule has 1 N–H and O–H groups in total. The van der Waals surface area contributed by atoms with E-state index in [1.807, 2.05) is 56.3 Å². The van der Waals surface area contributed by atoms with Gasteiger partial charge >= 0.3 is 35.5 Å². The van der Waals surface area contributed by atoms with E-state index in [0.717, 1.165) is 27.6 Å². The second-order valence-corrected chi connectivity index (χ2v) is 20.9. The number of aryl methyl sites for hydroxylation is 1. The zero-order chi connectivity index (χ0) is 55.0. The first-order valence-electron chi connectivity index (χ1n) is 25.2. The number of carbonyl (C=O) groups is 1. The minimum Gasteiger partial charge on any atom is -0.748 e. The third-order valence-electron chi connectivity index (χ3n) is 12.6. The molecule has 2 heterocycles. The zero-order valence-electron chi connectivity index (χ0n) is 45.2. The van der Waals surface area contributed by atoms with Crippen LogP contribution in [0.25, 0.3) is 28.5 Å². The molecule has 0 spiro atoms. The monoisotopic (exact) mass is 1120 g/mol. The van der Waals surface area contributed by atoms with Gasteiger partial charge in [0.1, 0.15) is 40.6 Å². The van der Waals surface area contributed by atoms with Gasteiger partial charge in [-0.1, -0.05) is 12.1 Å². The Hall–Kier alpha value is -4.08. The summed E-state index contributed by atoms with van der Waals surface area (Å²) >= 11 is 0. The second kappa shape index (κ2) is 33.5. The number of ether oxygens (including phenoxy) is 9. The number of hydrogen-bond donors (Lipinski definition) is 1. The molecule has 2 aliphatic heterocycles. The summed E-state index contributed by atoms with van der Waals surface area (Å²) in [7, 11) is -4.63. The molecule has 0 amide bonds. The Balaban J connectivity index is 0.0000128. The third kappa shape index (κ3) is 21.2. The molecule has 0 fully saturated rings. The SMILES string of the molecule is COCCOCCOCCOCC[N+](CCOCCOCCOCCOC)=c1ccc2c(-c3ccc(OC)cc3C)cc(/C=C/C=C3/N(CCCS(=O)(=O)[O-])c4ccc(S(=O)(=O)[O-])cc4C3(C)CCCC(=O)O)oc-2c1.[Na+]. The van der Waals surface area contributed by atoms with Crippen LogP contribution in [0.3, 0.4) is 0 Å². The van der Waals surface area contributed by atoms with Crippen molar-refractivity contribution in [1.29, 1.82) is 0 Å². The number of hydrogen-bond acceptors (Lipinski definition) is 18. The van der Waals surface area contributed by atoms with E-state index in [1.54, 1.807) is 44.5 Å². The molecule has 20 nitrogen and oxygen atoms in total. The Bertz CT molecular complexity index is 2780. The quantitative estimate of drug-likeness (QED) is 0.0294. The van der Waals surface area contributed by atoms with Gasteiger partial charge < -0.3 is 66.2 Å². The van der Waals surface area contributed by atoms with Gasteiger partial charge in [0, 0.05) is 61.4 Å². The number of rotatable bonds is 37. The maximum Gasteiger partial charge on any atom is 1.00 e. The van der Waals surface area contributed by atoms with Crippen LogP contribution in [-0.2, 0) is 68.3 Å². The van der Waals surface area contributed by atoms with E-state index in [2.05, 4.69) is 4.58 Å². The first kappa shape index (κ1) is 65.4. The topological polar surface area (TPSA) is 254 Å². The van der Waals surface area contributed by atoms with Gasteiger partial charge in [-0.05, 0) is 110 Å². The number of anilines is 1. The molecule has 5 rings (SSSR count). The molecule has 2 aromatic rings. The molecule has 1 unspecified atom stereocenters. The first-order valence-corrected chi connectivity index (χ1v) is 28.1. The summed E-state index contributed by atoms with van der Waals surface area (Å²) in [6.07, 6.45) is 5.44. The van der Waals surface area contributed by atoms with Gasteiger partial charge in [0.2, 0.25) is 5.36 Å². The van der Waals surface area contributed by atoms with Gasteiger partial charge in [-0.25, -0.2) is 21.4 Å². The number of allylic oxidation sites excluding steroid dienone is 3. The summed E-state index contributed by atoms with van der Waals surface area (Å²) in [5.74, 6) is 0.0227. The summed E-state index contributed by atoms with van der Waals surface area (Å²) in [6, 6.07) is 17.7. The molecule has 0 aromatic heterocycles. The van der Waals surface area contributed by atoms with Crippen LogP contribution < -0.4 is 49.1 Å². The molecular formula is C54H73N2NaO18S2. The van der Waals surface area contributed by atoms with Crippen molar-refractivity contribution in [2.75, 3.05) is 144 Å². The smallest absolute Gasteiger partial charge is 0.748 e. The Morgan fingerprint density at radius 2 is 1.29 bits per heavy atom. The molecule has 2 aromatic carbocycles. The number of nitrogens with zero attached hydrogens (tertiary/aromatic N) is 2. The summed E-state index contributed by atoms with van der Waals surface area (Å²) in [4.78, 5) is 13.0. The van der Waals surface area contributed by atoms with E-state index >= 15 is 0 Å². The van der Waals surface area contributed by atoms with E-state index in [9.17, 15) is 35.8 Å². The van der Waals surface area contributed by atoms with E-state index in [0.29, 0.717) is 140 Å². The molecule has 0 saturated carbocycles. The molecule has 0 radical (unpaired) electrons. The van der Waals surface area contributed by atoms with E-state index in [1.165, 1.54) is 18.2 Å². The van der Waals surface area contributed by atoms with E-state index in [4.69, 9.17) is 47.0 Å². The minimum absolute atomic E-state index is 0. The fraction of sp³-hybridized carbons (Fsp3) is 0.519. The van der Waals surface area contributed by atoms with Gasteiger partial charge in [-0.3, -0.25) is 4.79 Å². The predicted molar refractivity (Wildman–Crippen MR) is 283 cm³/mol. The van der Waals surface area contributed by atoms with Crippen molar-refractivity contribution in [3.8, 4) is 28.2 Å². The Morgan fingerprint density at radius 3 is 1.82 bits per heavy atom. The summed E-state index contributed by atoms with van der Waals surface area (Å²) in [6.45, 7) is 11.0. The van der Waals surface area contributed by atoms with Crippen LogP contribution >= 0.6 is 0 Å². The van der Waals surface area contributed by atoms with Gasteiger partial charge in [-0.2, -0.15) is 0 Å². The van der Waals surface area contributed by atoms with Crippen LogP contribution in [0.2, 0.25) is 0 Å². The summed E-state index contributed by atoms with van der Waals surface area (Å²) < 4.78 is 131. The largest absolute Gasteiger partial charge is 1.00 e. The van der Waals surface area contributed by atoms with Crippen LogP contribution in [0.15, 0.2) is 87.8 Å². The standard InChI is InChI=1S/C54H74N2O18S2.Na/c1-41-37-43(67-5)13-16-46(41)48-39-44(9-6-10-52-54(2,18-7-11-53(57)58)49-40-45(76(62,63)64)14-17-50(49)56(52)19-8-36-75(59,60)61)74-51-38-42(12-15-47(48)51)55(20-22-68-28-30-72-34-32-70-26-24-65-3)21-23-69-29-31-73-35-33-71-27-25-66-4;/h6,9-10,12-17,37-40H,7-8,11,18-36H2,1-5H3,(H2-,57,58,59,60,61,62,63,64);/q;+1/p-1. The van der Waals surface area contributed by atoms with Crippen LogP contribution in [-0.4, -0.2) is 176 Å². The average molecular weight is 1130 g/mol. The zero-order valence-corrected chi connectivity index (χ0v) is 48.8. The van der Waals surface area contributed by atoms with Gasteiger partial charge in [0.25, 0.3) is 0 Å². The second-order valence-electron chi connectivity index (χ2n) is 18.0. The molecular weight excluding hydrogens is 1050 g/mol. The van der Waals surface area contributed by atoms with Crippen molar-refractivity contribution in [2.45, 2.75) is 49.8 Å².